The molecular formula is C19H33IN4O. The Hall–Kier alpha value is -1.02. The number of aliphatic imine (C=N–C) groups is 1. The van der Waals surface area contributed by atoms with Gasteiger partial charge in [-0.05, 0) is 50.4 Å². The van der Waals surface area contributed by atoms with Gasteiger partial charge in [-0.25, -0.2) is 0 Å². The fourth-order valence-electron chi connectivity index (χ4n) is 2.95. The summed E-state index contributed by atoms with van der Waals surface area (Å²) in [5.41, 5.74) is 0. The third kappa shape index (κ3) is 9.30. The standard InChI is InChI=1S/C19H32N4O.HI/c1-17(16-23-12-6-7-13-23)15-22-19(20-2)21-11-8-14-24-18-9-4-3-5-10-18;/h3-5,9-10,17H,6-8,11-16H2,1-2H3,(H2,20,21,22);1H. The number of guanidine groups is 1. The number of para-hydroxylation sites is 1. The van der Waals surface area contributed by atoms with Gasteiger partial charge in [-0.2, -0.15) is 0 Å². The van der Waals surface area contributed by atoms with Gasteiger partial charge in [0.1, 0.15) is 5.75 Å². The van der Waals surface area contributed by atoms with Crippen LogP contribution in [0.15, 0.2) is 35.3 Å². The summed E-state index contributed by atoms with van der Waals surface area (Å²) in [5.74, 6) is 2.43. The third-order valence-electron chi connectivity index (χ3n) is 4.24. The van der Waals surface area contributed by atoms with Crippen molar-refractivity contribution in [2.24, 2.45) is 10.9 Å². The zero-order chi connectivity index (χ0) is 17.0. The Kier molecular flexibility index (Phi) is 11.6. The molecule has 1 aliphatic heterocycles. The molecule has 1 atom stereocenters. The van der Waals surface area contributed by atoms with Gasteiger partial charge in [0.25, 0.3) is 0 Å². The van der Waals surface area contributed by atoms with E-state index in [-0.39, 0.29) is 24.0 Å². The second-order valence-corrected chi connectivity index (χ2v) is 6.51. The number of nitrogens with zero attached hydrogens (tertiary/aromatic N) is 2. The van der Waals surface area contributed by atoms with Gasteiger partial charge in [-0.1, -0.05) is 25.1 Å². The Bertz CT molecular complexity index is 478. The van der Waals surface area contributed by atoms with Crippen LogP contribution in [0.25, 0.3) is 0 Å². The van der Waals surface area contributed by atoms with Crippen LogP contribution < -0.4 is 15.4 Å². The largest absolute Gasteiger partial charge is 0.494 e. The predicted molar refractivity (Wildman–Crippen MR) is 116 cm³/mol. The van der Waals surface area contributed by atoms with Crippen LogP contribution in [0.1, 0.15) is 26.2 Å². The molecule has 2 N–H and O–H groups in total. The maximum Gasteiger partial charge on any atom is 0.190 e. The van der Waals surface area contributed by atoms with Gasteiger partial charge in [0, 0.05) is 26.7 Å². The average Bonchev–Trinajstić information content (AvgIpc) is 3.11. The topological polar surface area (TPSA) is 48.9 Å². The Morgan fingerprint density at radius 3 is 2.60 bits per heavy atom. The minimum atomic E-state index is 0. The molecule has 1 aromatic carbocycles. The van der Waals surface area contributed by atoms with Crippen LogP contribution >= 0.6 is 24.0 Å². The van der Waals surface area contributed by atoms with E-state index in [1.807, 2.05) is 37.4 Å². The van der Waals surface area contributed by atoms with Crippen molar-refractivity contribution in [3.8, 4) is 5.75 Å². The molecule has 142 valence electrons. The molecule has 1 fully saturated rings. The molecule has 0 aliphatic carbocycles. The van der Waals surface area contributed by atoms with E-state index in [9.17, 15) is 0 Å². The summed E-state index contributed by atoms with van der Waals surface area (Å²) in [5, 5.41) is 6.77. The van der Waals surface area contributed by atoms with E-state index in [0.717, 1.165) is 31.2 Å². The molecule has 0 bridgehead atoms. The van der Waals surface area contributed by atoms with Gasteiger partial charge in [0.05, 0.1) is 6.61 Å². The highest BCUT2D eigenvalue weighted by atomic mass is 127. The van der Waals surface area contributed by atoms with Crippen LogP contribution in [-0.4, -0.2) is 57.2 Å². The molecule has 0 saturated carbocycles. The number of hydrogen-bond donors (Lipinski definition) is 2. The monoisotopic (exact) mass is 460 g/mol. The van der Waals surface area contributed by atoms with Crippen molar-refractivity contribution in [2.75, 3.05) is 46.4 Å². The fraction of sp³-hybridized carbons (Fsp3) is 0.632. The predicted octanol–water partition coefficient (Wildman–Crippen LogP) is 2.97. The average molecular weight is 460 g/mol. The number of ether oxygens (including phenoxy) is 1. The Balaban J connectivity index is 0.00000312. The lowest BCUT2D eigenvalue weighted by Gasteiger charge is -2.21. The summed E-state index contributed by atoms with van der Waals surface area (Å²) < 4.78 is 5.69. The van der Waals surface area contributed by atoms with Gasteiger partial charge >= 0.3 is 0 Å². The summed E-state index contributed by atoms with van der Waals surface area (Å²) in [7, 11) is 1.82. The number of benzene rings is 1. The highest BCUT2D eigenvalue weighted by molar-refractivity contribution is 14.0. The van der Waals surface area contributed by atoms with E-state index in [4.69, 9.17) is 4.74 Å². The maximum absolute atomic E-state index is 5.69. The van der Waals surface area contributed by atoms with Crippen LogP contribution in [0.4, 0.5) is 0 Å². The summed E-state index contributed by atoms with van der Waals surface area (Å²) in [4.78, 5) is 6.85. The van der Waals surface area contributed by atoms with Gasteiger partial charge in [0.15, 0.2) is 5.96 Å². The third-order valence-corrected chi connectivity index (χ3v) is 4.24. The first-order valence-corrected chi connectivity index (χ1v) is 9.12. The van der Waals surface area contributed by atoms with Gasteiger partial charge in [0.2, 0.25) is 0 Å². The van der Waals surface area contributed by atoms with Crippen LogP contribution in [0.2, 0.25) is 0 Å². The zero-order valence-electron chi connectivity index (χ0n) is 15.5. The Morgan fingerprint density at radius 2 is 1.92 bits per heavy atom. The van der Waals surface area contributed by atoms with E-state index in [1.165, 1.54) is 32.5 Å². The molecule has 0 amide bonds. The molecular weight excluding hydrogens is 427 g/mol. The second kappa shape index (κ2) is 13.2. The lowest BCUT2D eigenvalue weighted by atomic mass is 10.1. The van der Waals surface area contributed by atoms with E-state index >= 15 is 0 Å². The highest BCUT2D eigenvalue weighted by Crippen LogP contribution is 2.10. The highest BCUT2D eigenvalue weighted by Gasteiger charge is 2.14. The van der Waals surface area contributed by atoms with Crippen LogP contribution in [0.3, 0.4) is 0 Å². The second-order valence-electron chi connectivity index (χ2n) is 6.51. The summed E-state index contributed by atoms with van der Waals surface area (Å²) in [6.45, 7) is 8.52. The zero-order valence-corrected chi connectivity index (χ0v) is 17.9. The summed E-state index contributed by atoms with van der Waals surface area (Å²) >= 11 is 0. The molecule has 0 aromatic heterocycles. The number of hydrogen-bond acceptors (Lipinski definition) is 3. The van der Waals surface area contributed by atoms with Crippen molar-refractivity contribution >= 4 is 29.9 Å². The molecule has 2 rings (SSSR count). The van der Waals surface area contributed by atoms with E-state index in [0.29, 0.717) is 12.5 Å². The smallest absolute Gasteiger partial charge is 0.190 e. The molecule has 25 heavy (non-hydrogen) atoms. The van der Waals surface area contributed by atoms with Crippen LogP contribution in [0.5, 0.6) is 5.75 Å². The SMILES string of the molecule is CN=C(NCCCOc1ccccc1)NCC(C)CN1CCCC1.I. The van der Waals surface area contributed by atoms with Gasteiger partial charge < -0.3 is 20.3 Å². The molecule has 6 heteroatoms. The van der Waals surface area contributed by atoms with Gasteiger partial charge in [-0.15, -0.1) is 24.0 Å². The fourth-order valence-corrected chi connectivity index (χ4v) is 2.95. The number of nitrogens with one attached hydrogen (secondary N) is 2. The number of likely N-dealkylation sites (tertiary alicyclic amines) is 1. The van der Waals surface area contributed by atoms with Crippen molar-refractivity contribution in [1.82, 2.24) is 15.5 Å². The number of rotatable bonds is 9. The van der Waals surface area contributed by atoms with Crippen molar-refractivity contribution in [3.63, 3.8) is 0 Å². The van der Waals surface area contributed by atoms with E-state index in [1.54, 1.807) is 0 Å². The maximum atomic E-state index is 5.69. The Morgan fingerprint density at radius 1 is 1.20 bits per heavy atom. The molecule has 1 saturated heterocycles. The lowest BCUT2D eigenvalue weighted by Crippen LogP contribution is -2.41. The quantitative estimate of drug-likeness (QED) is 0.258. The van der Waals surface area contributed by atoms with Crippen LogP contribution in [0, 0.1) is 5.92 Å². The molecule has 1 aromatic rings. The van der Waals surface area contributed by atoms with E-state index < -0.39 is 0 Å². The molecule has 0 spiro atoms. The van der Waals surface area contributed by atoms with Crippen molar-refractivity contribution in [1.29, 1.82) is 0 Å². The minimum Gasteiger partial charge on any atom is -0.494 e. The molecule has 1 aliphatic rings. The summed E-state index contributed by atoms with van der Waals surface area (Å²) in [6.07, 6.45) is 3.65. The summed E-state index contributed by atoms with van der Waals surface area (Å²) in [6, 6.07) is 9.94. The molecule has 0 radical (unpaired) electrons. The first-order chi connectivity index (χ1) is 11.8. The Labute approximate surface area is 169 Å². The van der Waals surface area contributed by atoms with Crippen LogP contribution in [-0.2, 0) is 0 Å². The lowest BCUT2D eigenvalue weighted by molar-refractivity contribution is 0.287. The van der Waals surface area contributed by atoms with Gasteiger partial charge in [-0.3, -0.25) is 4.99 Å². The molecule has 1 unspecified atom stereocenters. The minimum absolute atomic E-state index is 0. The van der Waals surface area contributed by atoms with Crippen molar-refractivity contribution in [2.45, 2.75) is 26.2 Å². The number of halogens is 1. The first kappa shape index (κ1) is 22.0. The molecule has 5 nitrogen and oxygen atoms in total. The van der Waals surface area contributed by atoms with Crippen molar-refractivity contribution in [3.05, 3.63) is 30.3 Å². The molecule has 1 heterocycles. The van der Waals surface area contributed by atoms with E-state index in [2.05, 4.69) is 27.4 Å². The first-order valence-electron chi connectivity index (χ1n) is 9.12. The normalized spacial score (nSPS) is 16.2. The van der Waals surface area contributed by atoms with Crippen molar-refractivity contribution < 1.29 is 4.74 Å².